The van der Waals surface area contributed by atoms with E-state index in [1.807, 2.05) is 94.5 Å². The summed E-state index contributed by atoms with van der Waals surface area (Å²) in [6.07, 6.45) is 6.63. The standard InChI is InChI=1S/C32H30N6O3/c1-40-25-14-9-22(10-15-25)11-18-28(39)37-19-5-6-24(20-37)38-32-29(31(33)34-21-35-32)30(36-38)23-12-16-27(17-13-23)41-26-7-3-2-4-8-26/h2-4,7-18,21,24H,5-6,19-20H2,1H3,(H2,33,34,35). The third kappa shape index (κ3) is 5.60. The van der Waals surface area contributed by atoms with Gasteiger partial charge in [-0.25, -0.2) is 14.6 Å². The number of aromatic nitrogens is 4. The molecule has 1 aliphatic rings. The normalized spacial score (nSPS) is 15.3. The number of fused-ring (bicyclic) bond motifs is 1. The summed E-state index contributed by atoms with van der Waals surface area (Å²) in [5.74, 6) is 2.59. The molecule has 0 bridgehead atoms. The van der Waals surface area contributed by atoms with Gasteiger partial charge in [0.05, 0.1) is 18.5 Å². The molecule has 1 saturated heterocycles. The number of hydrogen-bond donors (Lipinski definition) is 1. The highest BCUT2D eigenvalue weighted by molar-refractivity contribution is 5.98. The van der Waals surface area contributed by atoms with Crippen LogP contribution in [0, 0.1) is 0 Å². The minimum Gasteiger partial charge on any atom is -0.497 e. The van der Waals surface area contributed by atoms with Gasteiger partial charge in [-0.3, -0.25) is 4.79 Å². The smallest absolute Gasteiger partial charge is 0.246 e. The van der Waals surface area contributed by atoms with Crippen molar-refractivity contribution in [2.24, 2.45) is 0 Å². The molecule has 5 aromatic rings. The van der Waals surface area contributed by atoms with Crippen LogP contribution in [0.1, 0.15) is 24.4 Å². The van der Waals surface area contributed by atoms with Crippen molar-refractivity contribution < 1.29 is 14.3 Å². The minimum atomic E-state index is -0.0478. The fourth-order valence-corrected chi connectivity index (χ4v) is 5.10. The maximum Gasteiger partial charge on any atom is 0.246 e. The zero-order chi connectivity index (χ0) is 28.2. The molecule has 2 N–H and O–H groups in total. The molecule has 1 amide bonds. The van der Waals surface area contributed by atoms with Gasteiger partial charge < -0.3 is 20.1 Å². The topological polar surface area (TPSA) is 108 Å². The van der Waals surface area contributed by atoms with Crippen molar-refractivity contribution in [2.45, 2.75) is 18.9 Å². The van der Waals surface area contributed by atoms with Crippen LogP contribution in [0.2, 0.25) is 0 Å². The summed E-state index contributed by atoms with van der Waals surface area (Å²) in [5, 5.41) is 5.69. The lowest BCUT2D eigenvalue weighted by Gasteiger charge is -2.32. The first kappa shape index (κ1) is 26.1. The molecule has 1 atom stereocenters. The number of nitrogens with two attached hydrogens (primary N) is 1. The van der Waals surface area contributed by atoms with Crippen LogP contribution in [0.5, 0.6) is 17.2 Å². The summed E-state index contributed by atoms with van der Waals surface area (Å²) in [5.41, 5.74) is 9.52. The second kappa shape index (κ2) is 11.5. The number of carbonyl (C=O) groups excluding carboxylic acids is 1. The van der Waals surface area contributed by atoms with E-state index >= 15 is 0 Å². The molecule has 2 aromatic heterocycles. The number of amides is 1. The van der Waals surface area contributed by atoms with Gasteiger partial charge in [0, 0.05) is 24.7 Å². The Bertz CT molecular complexity index is 1680. The fourth-order valence-electron chi connectivity index (χ4n) is 5.10. The summed E-state index contributed by atoms with van der Waals surface area (Å²) < 4.78 is 13.1. The number of nitrogen functional groups attached to an aromatic ring is 1. The molecule has 0 radical (unpaired) electrons. The number of anilines is 1. The Morgan fingerprint density at radius 2 is 1.68 bits per heavy atom. The monoisotopic (exact) mass is 546 g/mol. The van der Waals surface area contributed by atoms with E-state index in [1.54, 1.807) is 13.2 Å². The summed E-state index contributed by atoms with van der Waals surface area (Å²) in [4.78, 5) is 23.8. The molecule has 41 heavy (non-hydrogen) atoms. The number of benzene rings is 3. The Labute approximate surface area is 237 Å². The molecule has 206 valence electrons. The van der Waals surface area contributed by atoms with E-state index in [4.69, 9.17) is 20.3 Å². The maximum atomic E-state index is 13.1. The fraction of sp³-hybridized carbons (Fsp3) is 0.188. The Hall–Kier alpha value is -5.18. The molecular weight excluding hydrogens is 516 g/mol. The second-order valence-corrected chi connectivity index (χ2v) is 9.88. The van der Waals surface area contributed by atoms with E-state index in [0.29, 0.717) is 35.6 Å². The molecule has 3 aromatic carbocycles. The molecule has 1 unspecified atom stereocenters. The van der Waals surface area contributed by atoms with E-state index < -0.39 is 0 Å². The number of likely N-dealkylation sites (tertiary alicyclic amines) is 1. The van der Waals surface area contributed by atoms with Gasteiger partial charge in [0.15, 0.2) is 5.65 Å². The maximum absolute atomic E-state index is 13.1. The van der Waals surface area contributed by atoms with Crippen LogP contribution in [0.15, 0.2) is 91.3 Å². The Morgan fingerprint density at radius 3 is 2.44 bits per heavy atom. The second-order valence-electron chi connectivity index (χ2n) is 9.88. The summed E-state index contributed by atoms with van der Waals surface area (Å²) in [6, 6.07) is 24.9. The molecule has 1 aliphatic heterocycles. The first-order chi connectivity index (χ1) is 20.1. The molecule has 0 spiro atoms. The summed E-state index contributed by atoms with van der Waals surface area (Å²) >= 11 is 0. The van der Waals surface area contributed by atoms with Crippen molar-refractivity contribution in [3.05, 3.63) is 96.8 Å². The first-order valence-corrected chi connectivity index (χ1v) is 13.5. The van der Waals surface area contributed by atoms with Gasteiger partial charge in [-0.2, -0.15) is 5.10 Å². The Morgan fingerprint density at radius 1 is 0.951 bits per heavy atom. The van der Waals surface area contributed by atoms with Crippen LogP contribution >= 0.6 is 0 Å². The molecule has 9 nitrogen and oxygen atoms in total. The van der Waals surface area contributed by atoms with Crippen LogP contribution in [0.3, 0.4) is 0 Å². The van der Waals surface area contributed by atoms with Gasteiger partial charge in [0.2, 0.25) is 5.91 Å². The van der Waals surface area contributed by atoms with Gasteiger partial charge in [-0.15, -0.1) is 0 Å². The number of rotatable bonds is 7. The molecule has 0 aliphatic carbocycles. The van der Waals surface area contributed by atoms with Crippen molar-refractivity contribution in [3.63, 3.8) is 0 Å². The van der Waals surface area contributed by atoms with Crippen LogP contribution < -0.4 is 15.2 Å². The number of nitrogens with zero attached hydrogens (tertiary/aromatic N) is 5. The predicted molar refractivity (Wildman–Crippen MR) is 159 cm³/mol. The van der Waals surface area contributed by atoms with Gasteiger partial charge in [0.25, 0.3) is 0 Å². The molecule has 3 heterocycles. The van der Waals surface area contributed by atoms with E-state index in [0.717, 1.165) is 41.2 Å². The average molecular weight is 547 g/mol. The lowest BCUT2D eigenvalue weighted by Crippen LogP contribution is -2.40. The van der Waals surface area contributed by atoms with Crippen molar-refractivity contribution in [1.29, 1.82) is 0 Å². The highest BCUT2D eigenvalue weighted by Gasteiger charge is 2.28. The third-order valence-electron chi connectivity index (χ3n) is 7.21. The largest absolute Gasteiger partial charge is 0.497 e. The first-order valence-electron chi connectivity index (χ1n) is 13.5. The zero-order valence-electron chi connectivity index (χ0n) is 22.7. The zero-order valence-corrected chi connectivity index (χ0v) is 22.7. The van der Waals surface area contributed by atoms with Gasteiger partial charge >= 0.3 is 0 Å². The molecule has 6 rings (SSSR count). The number of methoxy groups -OCH3 is 1. The lowest BCUT2D eigenvalue weighted by molar-refractivity contribution is -0.127. The van der Waals surface area contributed by atoms with Crippen molar-refractivity contribution in [1.82, 2.24) is 24.6 Å². The average Bonchev–Trinajstić information content (AvgIpc) is 3.42. The van der Waals surface area contributed by atoms with Crippen LogP contribution in [-0.2, 0) is 4.79 Å². The van der Waals surface area contributed by atoms with Crippen LogP contribution in [-0.4, -0.2) is 50.8 Å². The Balaban J connectivity index is 1.24. The van der Waals surface area contributed by atoms with E-state index in [9.17, 15) is 4.79 Å². The number of carbonyl (C=O) groups is 1. The van der Waals surface area contributed by atoms with Gasteiger partial charge in [-0.1, -0.05) is 30.3 Å². The van der Waals surface area contributed by atoms with Gasteiger partial charge in [-0.05, 0) is 73.0 Å². The number of piperidine rings is 1. The van der Waals surface area contributed by atoms with Gasteiger partial charge in [0.1, 0.15) is 35.1 Å². The van der Waals surface area contributed by atoms with Crippen molar-refractivity contribution in [2.75, 3.05) is 25.9 Å². The number of hydrogen-bond acceptors (Lipinski definition) is 7. The summed E-state index contributed by atoms with van der Waals surface area (Å²) in [7, 11) is 1.63. The quantitative estimate of drug-likeness (QED) is 0.259. The minimum absolute atomic E-state index is 0.0367. The van der Waals surface area contributed by atoms with Crippen LogP contribution in [0.25, 0.3) is 28.4 Å². The lowest BCUT2D eigenvalue weighted by atomic mass is 10.1. The molecular formula is C32H30N6O3. The third-order valence-corrected chi connectivity index (χ3v) is 7.21. The molecule has 9 heteroatoms. The molecule has 1 fully saturated rings. The van der Waals surface area contributed by atoms with E-state index in [-0.39, 0.29) is 11.9 Å². The van der Waals surface area contributed by atoms with Crippen molar-refractivity contribution in [3.8, 4) is 28.5 Å². The number of para-hydroxylation sites is 1. The highest BCUT2D eigenvalue weighted by Crippen LogP contribution is 2.35. The Kier molecular flexibility index (Phi) is 7.32. The van der Waals surface area contributed by atoms with Crippen LogP contribution in [0.4, 0.5) is 5.82 Å². The molecule has 0 saturated carbocycles. The predicted octanol–water partition coefficient (Wildman–Crippen LogP) is 5.75. The van der Waals surface area contributed by atoms with E-state index in [1.165, 1.54) is 6.33 Å². The number of ether oxygens (including phenoxy) is 2. The highest BCUT2D eigenvalue weighted by atomic mass is 16.5. The van der Waals surface area contributed by atoms with Crippen molar-refractivity contribution >= 4 is 28.8 Å². The van der Waals surface area contributed by atoms with E-state index in [2.05, 4.69) is 9.97 Å². The SMILES string of the molecule is COc1ccc(C=CC(=O)N2CCCC(n3nc(-c4ccc(Oc5ccccc5)cc4)c4c(N)ncnc43)C2)cc1. The summed E-state index contributed by atoms with van der Waals surface area (Å²) in [6.45, 7) is 1.21.